The van der Waals surface area contributed by atoms with Gasteiger partial charge >= 0.3 is 0 Å². The Bertz CT molecular complexity index is 513. The van der Waals surface area contributed by atoms with Crippen molar-refractivity contribution in [3.05, 3.63) is 59.3 Å². The third-order valence-corrected chi connectivity index (χ3v) is 3.28. The number of carbonyl (C=O) groups excluding carboxylic acids is 1. The Morgan fingerprint density at radius 2 is 2.12 bits per heavy atom. The summed E-state index contributed by atoms with van der Waals surface area (Å²) >= 11 is 0. The van der Waals surface area contributed by atoms with Crippen LogP contribution < -0.4 is 0 Å². The second kappa shape index (κ2) is 3.34. The van der Waals surface area contributed by atoms with E-state index in [1.807, 2.05) is 48.2 Å². The average molecular weight is 211 g/mol. The van der Waals surface area contributed by atoms with Gasteiger partial charge < -0.3 is 4.90 Å². The fourth-order valence-electron chi connectivity index (χ4n) is 2.48. The Balaban J connectivity index is 2.12. The lowest BCUT2D eigenvalue weighted by atomic mass is 9.91. The Morgan fingerprint density at radius 3 is 3.00 bits per heavy atom. The van der Waals surface area contributed by atoms with Crippen LogP contribution in [0.25, 0.3) is 0 Å². The summed E-state index contributed by atoms with van der Waals surface area (Å²) in [5, 5.41) is 0. The topological polar surface area (TPSA) is 20.3 Å². The molecule has 2 aliphatic rings. The highest BCUT2D eigenvalue weighted by atomic mass is 16.2. The number of hydrogen-bond donors (Lipinski definition) is 0. The summed E-state index contributed by atoms with van der Waals surface area (Å²) in [6.07, 6.45) is 7.05. The first-order valence-corrected chi connectivity index (χ1v) is 5.54. The van der Waals surface area contributed by atoms with Crippen LogP contribution in [0.3, 0.4) is 0 Å². The van der Waals surface area contributed by atoms with Gasteiger partial charge in [-0.1, -0.05) is 30.4 Å². The Kier molecular flexibility index (Phi) is 1.96. The van der Waals surface area contributed by atoms with Crippen molar-refractivity contribution in [3.63, 3.8) is 0 Å². The number of carbonyl (C=O) groups is 1. The van der Waals surface area contributed by atoms with Crippen LogP contribution in [0.4, 0.5) is 0 Å². The lowest BCUT2D eigenvalue weighted by molar-refractivity contribution is 0.0751. The maximum Gasteiger partial charge on any atom is 0.258 e. The summed E-state index contributed by atoms with van der Waals surface area (Å²) in [6, 6.07) is 8.09. The van der Waals surface area contributed by atoms with Gasteiger partial charge in [-0.25, -0.2) is 0 Å². The van der Waals surface area contributed by atoms with Gasteiger partial charge in [-0.15, -0.1) is 0 Å². The van der Waals surface area contributed by atoms with Gasteiger partial charge in [0.1, 0.15) is 0 Å². The Labute approximate surface area is 94.9 Å². The number of nitrogens with zero attached hydrogens (tertiary/aromatic N) is 1. The van der Waals surface area contributed by atoms with E-state index in [4.69, 9.17) is 0 Å². The first-order chi connectivity index (χ1) is 7.77. The molecule has 1 unspecified atom stereocenters. The van der Waals surface area contributed by atoms with E-state index in [0.717, 1.165) is 23.2 Å². The minimum Gasteiger partial charge on any atom is -0.305 e. The first kappa shape index (κ1) is 9.40. The molecule has 2 aliphatic heterocycles. The second-order valence-electron chi connectivity index (χ2n) is 4.30. The molecule has 16 heavy (non-hydrogen) atoms. The molecule has 1 atom stereocenters. The largest absolute Gasteiger partial charge is 0.305 e. The number of hydrogen-bond acceptors (Lipinski definition) is 1. The van der Waals surface area contributed by atoms with Crippen molar-refractivity contribution in [2.75, 3.05) is 0 Å². The van der Waals surface area contributed by atoms with E-state index >= 15 is 0 Å². The molecule has 1 aromatic carbocycles. The molecular formula is C14H13NO. The number of amides is 1. The SMILES string of the molecule is CC1=CC=CC2Cc3ccccc3C(=O)N12. The molecule has 0 bridgehead atoms. The second-order valence-corrected chi connectivity index (χ2v) is 4.30. The molecule has 0 saturated carbocycles. The van der Waals surface area contributed by atoms with Crippen molar-refractivity contribution in [3.8, 4) is 0 Å². The molecule has 2 nitrogen and oxygen atoms in total. The van der Waals surface area contributed by atoms with Gasteiger partial charge in [0.2, 0.25) is 0 Å². The van der Waals surface area contributed by atoms with Crippen LogP contribution in [-0.4, -0.2) is 16.8 Å². The highest BCUT2D eigenvalue weighted by molar-refractivity contribution is 5.98. The Hall–Kier alpha value is -1.83. The molecule has 2 heterocycles. The standard InChI is InChI=1S/C14H13NO/c1-10-5-4-7-12-9-11-6-2-3-8-13(11)14(16)15(10)12/h2-8,12H,9H2,1H3. The van der Waals surface area contributed by atoms with E-state index < -0.39 is 0 Å². The van der Waals surface area contributed by atoms with Crippen LogP contribution in [0.2, 0.25) is 0 Å². The van der Waals surface area contributed by atoms with Crippen molar-refractivity contribution in [2.45, 2.75) is 19.4 Å². The van der Waals surface area contributed by atoms with Gasteiger partial charge in [-0.2, -0.15) is 0 Å². The fourth-order valence-corrected chi connectivity index (χ4v) is 2.48. The smallest absolute Gasteiger partial charge is 0.258 e. The molecule has 0 spiro atoms. The van der Waals surface area contributed by atoms with Gasteiger partial charge in [-0.3, -0.25) is 4.79 Å². The van der Waals surface area contributed by atoms with Crippen LogP contribution in [0, 0.1) is 0 Å². The van der Waals surface area contributed by atoms with Crippen molar-refractivity contribution < 1.29 is 4.79 Å². The monoisotopic (exact) mass is 211 g/mol. The van der Waals surface area contributed by atoms with Gasteiger partial charge in [0, 0.05) is 11.3 Å². The summed E-state index contributed by atoms with van der Waals surface area (Å²) < 4.78 is 0. The number of allylic oxidation sites excluding steroid dienone is 3. The van der Waals surface area contributed by atoms with Crippen LogP contribution in [0.15, 0.2) is 48.2 Å². The summed E-state index contributed by atoms with van der Waals surface area (Å²) in [6.45, 7) is 1.99. The maximum absolute atomic E-state index is 12.3. The maximum atomic E-state index is 12.3. The lowest BCUT2D eigenvalue weighted by Gasteiger charge is -2.37. The van der Waals surface area contributed by atoms with Gasteiger partial charge in [0.05, 0.1) is 6.04 Å². The molecule has 0 N–H and O–H groups in total. The zero-order valence-electron chi connectivity index (χ0n) is 9.18. The third kappa shape index (κ3) is 1.23. The van der Waals surface area contributed by atoms with Gasteiger partial charge in [0.15, 0.2) is 0 Å². The number of rotatable bonds is 0. The number of fused-ring (bicyclic) bond motifs is 2. The summed E-state index contributed by atoms with van der Waals surface area (Å²) in [5.74, 6) is 0.130. The van der Waals surface area contributed by atoms with E-state index in [-0.39, 0.29) is 11.9 Å². The average Bonchev–Trinajstić information content (AvgIpc) is 2.29. The molecule has 2 heteroatoms. The molecule has 0 radical (unpaired) electrons. The minimum atomic E-state index is 0.130. The summed E-state index contributed by atoms with van der Waals surface area (Å²) in [7, 11) is 0. The highest BCUT2D eigenvalue weighted by Crippen LogP contribution is 2.28. The zero-order valence-corrected chi connectivity index (χ0v) is 9.18. The molecular weight excluding hydrogens is 198 g/mol. The molecule has 1 aromatic rings. The lowest BCUT2D eigenvalue weighted by Crippen LogP contribution is -2.44. The third-order valence-electron chi connectivity index (χ3n) is 3.28. The van der Waals surface area contributed by atoms with Crippen LogP contribution in [0.1, 0.15) is 22.8 Å². The van der Waals surface area contributed by atoms with E-state index in [0.29, 0.717) is 0 Å². The van der Waals surface area contributed by atoms with Crippen LogP contribution in [-0.2, 0) is 6.42 Å². The van der Waals surface area contributed by atoms with E-state index in [1.54, 1.807) is 0 Å². The minimum absolute atomic E-state index is 0.130. The summed E-state index contributed by atoms with van der Waals surface area (Å²) in [4.78, 5) is 14.2. The van der Waals surface area contributed by atoms with Crippen molar-refractivity contribution in [1.29, 1.82) is 0 Å². The quantitative estimate of drug-likeness (QED) is 0.645. The highest BCUT2D eigenvalue weighted by Gasteiger charge is 2.32. The molecule has 0 saturated heterocycles. The molecule has 0 aliphatic carbocycles. The molecule has 0 fully saturated rings. The first-order valence-electron chi connectivity index (χ1n) is 5.54. The molecule has 1 amide bonds. The van der Waals surface area contributed by atoms with E-state index in [9.17, 15) is 4.79 Å². The molecule has 80 valence electrons. The molecule has 0 aromatic heterocycles. The number of benzene rings is 1. The van der Waals surface area contributed by atoms with Crippen molar-refractivity contribution in [1.82, 2.24) is 4.90 Å². The van der Waals surface area contributed by atoms with Crippen LogP contribution >= 0.6 is 0 Å². The van der Waals surface area contributed by atoms with Crippen LogP contribution in [0.5, 0.6) is 0 Å². The fraction of sp³-hybridized carbons (Fsp3) is 0.214. The summed E-state index contributed by atoms with van der Waals surface area (Å²) in [5.41, 5.74) is 3.04. The molecule has 3 rings (SSSR count). The van der Waals surface area contributed by atoms with Crippen molar-refractivity contribution >= 4 is 5.91 Å². The van der Waals surface area contributed by atoms with E-state index in [2.05, 4.69) is 6.08 Å². The van der Waals surface area contributed by atoms with Gasteiger partial charge in [0.25, 0.3) is 5.91 Å². The van der Waals surface area contributed by atoms with Gasteiger partial charge in [-0.05, 0) is 31.1 Å². The predicted molar refractivity (Wildman–Crippen MR) is 63.0 cm³/mol. The predicted octanol–water partition coefficient (Wildman–Crippen LogP) is 2.53. The Morgan fingerprint density at radius 1 is 1.31 bits per heavy atom. The zero-order chi connectivity index (χ0) is 11.1. The van der Waals surface area contributed by atoms with E-state index in [1.165, 1.54) is 0 Å². The normalized spacial score (nSPS) is 22.6. The van der Waals surface area contributed by atoms with Crippen molar-refractivity contribution in [2.24, 2.45) is 0 Å².